The van der Waals surface area contributed by atoms with E-state index in [1.807, 2.05) is 12.1 Å². The Labute approximate surface area is 66.8 Å². The molecular formula is C9H10O2. The van der Waals surface area contributed by atoms with Crippen molar-refractivity contribution in [1.29, 1.82) is 0 Å². The van der Waals surface area contributed by atoms with Crippen molar-refractivity contribution in [3.63, 3.8) is 0 Å². The quantitative estimate of drug-likeness (QED) is 0.477. The minimum atomic E-state index is 0.322. The number of methoxy groups -OCH3 is 1. The molecule has 0 aliphatic carbocycles. The molecule has 0 fully saturated rings. The summed E-state index contributed by atoms with van der Waals surface area (Å²) in [7, 11) is 1.60. The van der Waals surface area contributed by atoms with Gasteiger partial charge in [-0.3, -0.25) is 0 Å². The van der Waals surface area contributed by atoms with Gasteiger partial charge in [-0.25, -0.2) is 0 Å². The van der Waals surface area contributed by atoms with Gasteiger partial charge < -0.3 is 9.47 Å². The average molecular weight is 150 g/mol. The van der Waals surface area contributed by atoms with Crippen molar-refractivity contribution in [1.82, 2.24) is 0 Å². The normalized spacial score (nSPS) is 9.18. The summed E-state index contributed by atoms with van der Waals surface area (Å²) in [5.74, 6) is 0. The SMILES string of the molecule is COCOCc1c#cccc1. The minimum Gasteiger partial charge on any atom is -0.359 e. The highest BCUT2D eigenvalue weighted by atomic mass is 16.7. The van der Waals surface area contributed by atoms with E-state index in [9.17, 15) is 0 Å². The molecule has 58 valence electrons. The Balaban J connectivity index is 2.28. The van der Waals surface area contributed by atoms with Gasteiger partial charge in [-0.2, -0.15) is 0 Å². The molecule has 0 spiro atoms. The largest absolute Gasteiger partial charge is 0.359 e. The van der Waals surface area contributed by atoms with Crippen LogP contribution in [-0.4, -0.2) is 13.9 Å². The van der Waals surface area contributed by atoms with Crippen LogP contribution >= 0.6 is 0 Å². The fourth-order valence-electron chi connectivity index (χ4n) is 0.708. The fourth-order valence-corrected chi connectivity index (χ4v) is 0.708. The Kier molecular flexibility index (Phi) is 3.46. The molecule has 1 rings (SSSR count). The van der Waals surface area contributed by atoms with Crippen LogP contribution < -0.4 is 0 Å². The van der Waals surface area contributed by atoms with Crippen LogP contribution in [0.25, 0.3) is 0 Å². The Morgan fingerprint density at radius 1 is 1.55 bits per heavy atom. The fraction of sp³-hybridized carbons (Fsp3) is 0.333. The lowest BCUT2D eigenvalue weighted by molar-refractivity contribution is -0.0390. The summed E-state index contributed by atoms with van der Waals surface area (Å²) in [6.07, 6.45) is 0. The van der Waals surface area contributed by atoms with E-state index in [-0.39, 0.29) is 0 Å². The zero-order valence-corrected chi connectivity index (χ0v) is 6.46. The van der Waals surface area contributed by atoms with Crippen LogP contribution in [0.3, 0.4) is 0 Å². The molecule has 0 aliphatic heterocycles. The summed E-state index contributed by atoms with van der Waals surface area (Å²) in [5, 5.41) is 0. The first-order valence-electron chi connectivity index (χ1n) is 3.37. The van der Waals surface area contributed by atoms with E-state index in [4.69, 9.17) is 9.47 Å². The molecule has 2 heteroatoms. The lowest BCUT2D eigenvalue weighted by atomic mass is 10.3. The zero-order valence-electron chi connectivity index (χ0n) is 6.46. The van der Waals surface area contributed by atoms with Crippen molar-refractivity contribution in [2.75, 3.05) is 13.9 Å². The smallest absolute Gasteiger partial charge is 0.146 e. The van der Waals surface area contributed by atoms with Gasteiger partial charge in [-0.05, 0) is 12.1 Å². The molecule has 0 bridgehead atoms. The molecule has 0 atom stereocenters. The first kappa shape index (κ1) is 8.06. The van der Waals surface area contributed by atoms with E-state index in [1.165, 1.54) is 0 Å². The molecule has 0 heterocycles. The van der Waals surface area contributed by atoms with E-state index in [2.05, 4.69) is 12.1 Å². The Morgan fingerprint density at radius 2 is 2.45 bits per heavy atom. The molecule has 0 N–H and O–H groups in total. The second-order valence-electron chi connectivity index (χ2n) is 2.08. The van der Waals surface area contributed by atoms with E-state index >= 15 is 0 Å². The molecule has 2 nitrogen and oxygen atoms in total. The molecule has 0 unspecified atom stereocenters. The lowest BCUT2D eigenvalue weighted by Crippen LogP contribution is -1.95. The van der Waals surface area contributed by atoms with Crippen LogP contribution in [0.2, 0.25) is 0 Å². The molecule has 1 aromatic rings. The van der Waals surface area contributed by atoms with E-state index in [0.717, 1.165) is 5.56 Å². The van der Waals surface area contributed by atoms with Gasteiger partial charge in [0.1, 0.15) is 6.79 Å². The number of hydrogen-bond acceptors (Lipinski definition) is 2. The first-order chi connectivity index (χ1) is 5.43. The standard InChI is InChI=1S/C9H10O2/c1-10-8-11-7-9-5-3-2-4-6-9/h2-3,5H,7-8H2,1H3. The van der Waals surface area contributed by atoms with Crippen LogP contribution in [-0.2, 0) is 16.1 Å². The Morgan fingerprint density at radius 3 is 3.09 bits per heavy atom. The molecule has 11 heavy (non-hydrogen) atoms. The summed E-state index contributed by atoms with van der Waals surface area (Å²) in [6.45, 7) is 0.855. The highest BCUT2D eigenvalue weighted by molar-refractivity contribution is 5.05. The van der Waals surface area contributed by atoms with Crippen LogP contribution in [0.5, 0.6) is 0 Å². The van der Waals surface area contributed by atoms with Crippen LogP contribution in [0.1, 0.15) is 5.56 Å². The Bertz CT molecular complexity index is 184. The van der Waals surface area contributed by atoms with Crippen LogP contribution in [0, 0.1) is 12.1 Å². The van der Waals surface area contributed by atoms with E-state index < -0.39 is 0 Å². The van der Waals surface area contributed by atoms with Gasteiger partial charge in [0.05, 0.1) is 6.61 Å². The molecule has 0 aromatic heterocycles. The zero-order chi connectivity index (χ0) is 7.94. The summed E-state index contributed by atoms with van der Waals surface area (Å²) in [4.78, 5) is 0. The molecule has 0 saturated heterocycles. The summed E-state index contributed by atoms with van der Waals surface area (Å²) in [6, 6.07) is 11.4. The highest BCUT2D eigenvalue weighted by Crippen LogP contribution is 1.94. The number of ether oxygens (including phenoxy) is 2. The number of rotatable bonds is 4. The topological polar surface area (TPSA) is 18.5 Å². The third-order valence-corrected chi connectivity index (χ3v) is 1.17. The first-order valence-corrected chi connectivity index (χ1v) is 3.37. The molecule has 0 aliphatic rings. The lowest BCUT2D eigenvalue weighted by Gasteiger charge is -1.99. The predicted molar refractivity (Wildman–Crippen MR) is 40.8 cm³/mol. The van der Waals surface area contributed by atoms with Gasteiger partial charge in [0.25, 0.3) is 0 Å². The van der Waals surface area contributed by atoms with Crippen molar-refractivity contribution < 1.29 is 9.47 Å². The van der Waals surface area contributed by atoms with Gasteiger partial charge in [-0.15, -0.1) is 0 Å². The third kappa shape index (κ3) is 3.03. The van der Waals surface area contributed by atoms with Gasteiger partial charge in [0, 0.05) is 12.7 Å². The third-order valence-electron chi connectivity index (χ3n) is 1.17. The monoisotopic (exact) mass is 150 g/mol. The second kappa shape index (κ2) is 4.73. The van der Waals surface area contributed by atoms with Crippen LogP contribution in [0.15, 0.2) is 18.2 Å². The summed E-state index contributed by atoms with van der Waals surface area (Å²) < 4.78 is 9.81. The van der Waals surface area contributed by atoms with Crippen molar-refractivity contribution in [3.8, 4) is 0 Å². The van der Waals surface area contributed by atoms with Gasteiger partial charge >= 0.3 is 0 Å². The molecule has 0 amide bonds. The molecule has 0 radical (unpaired) electrons. The molecular weight excluding hydrogens is 140 g/mol. The molecule has 0 saturated carbocycles. The minimum absolute atomic E-state index is 0.322. The maximum atomic E-state index is 5.10. The van der Waals surface area contributed by atoms with Gasteiger partial charge in [0.15, 0.2) is 0 Å². The van der Waals surface area contributed by atoms with Crippen molar-refractivity contribution in [2.24, 2.45) is 0 Å². The van der Waals surface area contributed by atoms with Crippen molar-refractivity contribution in [2.45, 2.75) is 6.61 Å². The maximum Gasteiger partial charge on any atom is 0.146 e. The van der Waals surface area contributed by atoms with E-state index in [0.29, 0.717) is 13.4 Å². The average Bonchev–Trinajstić information content (AvgIpc) is 2.07. The van der Waals surface area contributed by atoms with Crippen molar-refractivity contribution in [3.05, 3.63) is 35.9 Å². The van der Waals surface area contributed by atoms with Gasteiger partial charge in [0.2, 0.25) is 0 Å². The number of hydrogen-bond donors (Lipinski definition) is 0. The summed E-state index contributed by atoms with van der Waals surface area (Å²) in [5.41, 5.74) is 0.990. The van der Waals surface area contributed by atoms with Crippen LogP contribution in [0.4, 0.5) is 0 Å². The van der Waals surface area contributed by atoms with Gasteiger partial charge in [-0.1, -0.05) is 18.2 Å². The van der Waals surface area contributed by atoms with Crippen molar-refractivity contribution >= 4 is 0 Å². The summed E-state index contributed by atoms with van der Waals surface area (Å²) >= 11 is 0. The molecule has 1 aromatic carbocycles. The predicted octanol–water partition coefficient (Wildman–Crippen LogP) is 1.41. The highest BCUT2D eigenvalue weighted by Gasteiger charge is 1.88. The van der Waals surface area contributed by atoms with E-state index in [1.54, 1.807) is 13.2 Å². The second-order valence-corrected chi connectivity index (χ2v) is 2.08. The maximum absolute atomic E-state index is 5.10. The Hall–Kier alpha value is -1.04.